The van der Waals surface area contributed by atoms with Crippen molar-refractivity contribution >= 4 is 0 Å². The first-order valence-electron chi connectivity index (χ1n) is 7.00. The van der Waals surface area contributed by atoms with E-state index in [2.05, 4.69) is 52.0 Å². The van der Waals surface area contributed by atoms with E-state index in [0.29, 0.717) is 13.2 Å². The van der Waals surface area contributed by atoms with E-state index in [9.17, 15) is 0 Å². The van der Waals surface area contributed by atoms with Crippen LogP contribution in [0.2, 0.25) is 0 Å². The van der Waals surface area contributed by atoms with Gasteiger partial charge in [-0.2, -0.15) is 0 Å². The van der Waals surface area contributed by atoms with Crippen LogP contribution in [-0.4, -0.2) is 0 Å². The summed E-state index contributed by atoms with van der Waals surface area (Å²) in [5.74, 6) is 0.887. The molecule has 2 nitrogen and oxygen atoms in total. The standard InChI is InChI=1S/C18H23NO/c1-12-5-6-18(16(9-12)10-19)20-11-17-14(3)7-13(2)8-15(17)4/h5-9H,10-11,19H2,1-4H3. The monoisotopic (exact) mass is 269 g/mol. The quantitative estimate of drug-likeness (QED) is 0.912. The molecule has 0 atom stereocenters. The van der Waals surface area contributed by atoms with E-state index in [1.165, 1.54) is 27.8 Å². The van der Waals surface area contributed by atoms with E-state index in [1.807, 2.05) is 6.07 Å². The highest BCUT2D eigenvalue weighted by Gasteiger charge is 2.07. The zero-order chi connectivity index (χ0) is 14.7. The van der Waals surface area contributed by atoms with Crippen LogP contribution in [0.1, 0.15) is 33.4 Å². The molecule has 106 valence electrons. The molecule has 0 unspecified atom stereocenters. The molecule has 2 heteroatoms. The van der Waals surface area contributed by atoms with Gasteiger partial charge in [0.2, 0.25) is 0 Å². The second-order valence-corrected chi connectivity index (χ2v) is 5.48. The molecule has 0 saturated heterocycles. The molecule has 0 saturated carbocycles. The zero-order valence-electron chi connectivity index (χ0n) is 12.8. The van der Waals surface area contributed by atoms with Crippen LogP contribution in [0, 0.1) is 27.7 Å². The van der Waals surface area contributed by atoms with E-state index < -0.39 is 0 Å². The Labute approximate surface area is 121 Å². The summed E-state index contributed by atoms with van der Waals surface area (Å²) in [7, 11) is 0. The Kier molecular flexibility index (Phi) is 4.46. The summed E-state index contributed by atoms with van der Waals surface area (Å²) < 4.78 is 5.99. The first kappa shape index (κ1) is 14.6. The zero-order valence-corrected chi connectivity index (χ0v) is 12.8. The Morgan fingerprint density at radius 3 is 2.15 bits per heavy atom. The van der Waals surface area contributed by atoms with Gasteiger partial charge in [0, 0.05) is 12.1 Å². The minimum absolute atomic E-state index is 0.503. The smallest absolute Gasteiger partial charge is 0.124 e. The number of hydrogen-bond donors (Lipinski definition) is 1. The van der Waals surface area contributed by atoms with Gasteiger partial charge in [-0.1, -0.05) is 35.4 Å². The minimum Gasteiger partial charge on any atom is -0.489 e. The molecule has 2 N–H and O–H groups in total. The molecule has 0 radical (unpaired) electrons. The van der Waals surface area contributed by atoms with Gasteiger partial charge >= 0.3 is 0 Å². The van der Waals surface area contributed by atoms with Crippen LogP contribution in [0.25, 0.3) is 0 Å². The molecular formula is C18H23NO. The lowest BCUT2D eigenvalue weighted by Gasteiger charge is -2.15. The highest BCUT2D eigenvalue weighted by molar-refractivity contribution is 5.39. The Balaban J connectivity index is 2.21. The maximum Gasteiger partial charge on any atom is 0.124 e. The van der Waals surface area contributed by atoms with Gasteiger partial charge in [-0.15, -0.1) is 0 Å². The van der Waals surface area contributed by atoms with Gasteiger partial charge in [0.1, 0.15) is 12.4 Å². The number of rotatable bonds is 4. The van der Waals surface area contributed by atoms with Gasteiger partial charge < -0.3 is 10.5 Å². The number of aryl methyl sites for hydroxylation is 4. The molecule has 0 aliphatic heterocycles. The van der Waals surface area contributed by atoms with Crippen LogP contribution in [0.5, 0.6) is 5.75 Å². The van der Waals surface area contributed by atoms with Gasteiger partial charge in [-0.25, -0.2) is 0 Å². The highest BCUT2D eigenvalue weighted by atomic mass is 16.5. The number of benzene rings is 2. The minimum atomic E-state index is 0.503. The topological polar surface area (TPSA) is 35.2 Å². The summed E-state index contributed by atoms with van der Waals surface area (Å²) in [4.78, 5) is 0. The van der Waals surface area contributed by atoms with Crippen molar-refractivity contribution in [2.45, 2.75) is 40.8 Å². The summed E-state index contributed by atoms with van der Waals surface area (Å²) in [6.45, 7) is 9.56. The molecule has 0 heterocycles. The van der Waals surface area contributed by atoms with E-state index in [1.54, 1.807) is 0 Å². The van der Waals surface area contributed by atoms with Crippen molar-refractivity contribution in [1.29, 1.82) is 0 Å². The van der Waals surface area contributed by atoms with Crippen molar-refractivity contribution in [2.24, 2.45) is 5.73 Å². The van der Waals surface area contributed by atoms with Crippen molar-refractivity contribution in [3.63, 3.8) is 0 Å². The number of hydrogen-bond acceptors (Lipinski definition) is 2. The molecule has 0 aliphatic carbocycles. The lowest BCUT2D eigenvalue weighted by molar-refractivity contribution is 0.301. The van der Waals surface area contributed by atoms with E-state index in [4.69, 9.17) is 10.5 Å². The lowest BCUT2D eigenvalue weighted by Crippen LogP contribution is -2.05. The predicted octanol–water partition coefficient (Wildman–Crippen LogP) is 3.96. The average molecular weight is 269 g/mol. The Morgan fingerprint density at radius 2 is 1.55 bits per heavy atom. The van der Waals surface area contributed by atoms with Gasteiger partial charge in [0.15, 0.2) is 0 Å². The third-order valence-electron chi connectivity index (χ3n) is 3.65. The molecule has 0 fully saturated rings. The maximum absolute atomic E-state index is 5.99. The Bertz CT molecular complexity index is 594. The lowest BCUT2D eigenvalue weighted by atomic mass is 10.0. The fourth-order valence-corrected chi connectivity index (χ4v) is 2.60. The largest absolute Gasteiger partial charge is 0.489 e. The van der Waals surface area contributed by atoms with Gasteiger partial charge in [-0.3, -0.25) is 0 Å². The summed E-state index contributed by atoms with van der Waals surface area (Å²) in [5.41, 5.74) is 13.2. The molecule has 0 bridgehead atoms. The molecule has 2 aromatic rings. The first-order chi connectivity index (χ1) is 9.51. The summed E-state index contributed by atoms with van der Waals surface area (Å²) in [6, 6.07) is 10.6. The van der Waals surface area contributed by atoms with Crippen LogP contribution in [0.4, 0.5) is 0 Å². The van der Waals surface area contributed by atoms with Crippen LogP contribution < -0.4 is 10.5 Å². The van der Waals surface area contributed by atoms with Crippen molar-refractivity contribution in [3.8, 4) is 5.75 Å². The summed E-state index contributed by atoms with van der Waals surface area (Å²) in [5, 5.41) is 0. The molecule has 0 aliphatic rings. The SMILES string of the molecule is Cc1cc(C)c(COc2ccc(C)cc2CN)c(C)c1. The van der Waals surface area contributed by atoms with E-state index >= 15 is 0 Å². The Hall–Kier alpha value is -1.80. The second kappa shape index (κ2) is 6.10. The van der Waals surface area contributed by atoms with E-state index in [0.717, 1.165) is 11.3 Å². The third kappa shape index (κ3) is 3.20. The summed E-state index contributed by atoms with van der Waals surface area (Å²) >= 11 is 0. The first-order valence-corrected chi connectivity index (χ1v) is 7.00. The summed E-state index contributed by atoms with van der Waals surface area (Å²) in [6.07, 6.45) is 0. The fraction of sp³-hybridized carbons (Fsp3) is 0.333. The normalized spacial score (nSPS) is 10.7. The predicted molar refractivity (Wildman–Crippen MR) is 84.1 cm³/mol. The number of ether oxygens (including phenoxy) is 1. The molecular weight excluding hydrogens is 246 g/mol. The van der Waals surface area contributed by atoms with Gasteiger partial charge in [0.25, 0.3) is 0 Å². The third-order valence-corrected chi connectivity index (χ3v) is 3.65. The Morgan fingerprint density at radius 1 is 0.900 bits per heavy atom. The van der Waals surface area contributed by atoms with Crippen molar-refractivity contribution in [2.75, 3.05) is 0 Å². The van der Waals surface area contributed by atoms with Gasteiger partial charge in [0.05, 0.1) is 0 Å². The van der Waals surface area contributed by atoms with Gasteiger partial charge in [-0.05, 0) is 50.5 Å². The maximum atomic E-state index is 5.99. The van der Waals surface area contributed by atoms with Crippen LogP contribution in [-0.2, 0) is 13.2 Å². The molecule has 0 spiro atoms. The number of nitrogens with two attached hydrogens (primary N) is 1. The molecule has 20 heavy (non-hydrogen) atoms. The van der Waals surface area contributed by atoms with Crippen molar-refractivity contribution < 1.29 is 4.74 Å². The molecule has 0 aromatic heterocycles. The van der Waals surface area contributed by atoms with Crippen LogP contribution in [0.15, 0.2) is 30.3 Å². The van der Waals surface area contributed by atoms with E-state index in [-0.39, 0.29) is 0 Å². The fourth-order valence-electron chi connectivity index (χ4n) is 2.60. The second-order valence-electron chi connectivity index (χ2n) is 5.48. The highest BCUT2D eigenvalue weighted by Crippen LogP contribution is 2.23. The van der Waals surface area contributed by atoms with Crippen LogP contribution >= 0.6 is 0 Å². The molecule has 2 rings (SSSR count). The molecule has 0 amide bonds. The average Bonchev–Trinajstić information content (AvgIpc) is 2.38. The van der Waals surface area contributed by atoms with Crippen LogP contribution in [0.3, 0.4) is 0 Å². The van der Waals surface area contributed by atoms with Crippen molar-refractivity contribution in [1.82, 2.24) is 0 Å². The molecule has 2 aromatic carbocycles. The van der Waals surface area contributed by atoms with Crippen molar-refractivity contribution in [3.05, 3.63) is 63.7 Å².